The Bertz CT molecular complexity index is 1230. The van der Waals surface area contributed by atoms with E-state index in [0.717, 1.165) is 43.0 Å². The molecule has 3 heterocycles. The van der Waals surface area contributed by atoms with Crippen molar-refractivity contribution in [1.29, 1.82) is 0 Å². The van der Waals surface area contributed by atoms with Crippen LogP contribution in [0, 0.1) is 11.8 Å². The third-order valence-electron chi connectivity index (χ3n) is 6.35. The highest BCUT2D eigenvalue weighted by Gasteiger charge is 2.34. The highest BCUT2D eigenvalue weighted by Crippen LogP contribution is 2.34. The SMILES string of the molecule is O=C(CC1CC1)N1CC(Cn2cnnc2-c2ccc(-c3ccc4ncsc4c3)cc2)C1. The van der Waals surface area contributed by atoms with Crippen LogP contribution >= 0.6 is 11.3 Å². The molecule has 1 amide bonds. The molecule has 6 nitrogen and oxygen atoms in total. The number of amides is 1. The molecule has 156 valence electrons. The first-order chi connectivity index (χ1) is 15.2. The molecule has 0 radical (unpaired) electrons. The summed E-state index contributed by atoms with van der Waals surface area (Å²) in [6.45, 7) is 2.55. The standard InChI is InChI=1S/C24H23N5OS/c30-23(9-16-1-2-16)28-11-17(12-28)13-29-14-26-27-24(29)19-5-3-18(4-6-19)20-7-8-21-22(10-20)31-15-25-21/h3-8,10,14-17H,1-2,9,11-13H2. The molecule has 2 aromatic heterocycles. The molecule has 0 bridgehead atoms. The summed E-state index contributed by atoms with van der Waals surface area (Å²) in [7, 11) is 0. The van der Waals surface area contributed by atoms with Gasteiger partial charge in [-0.05, 0) is 42.0 Å². The van der Waals surface area contributed by atoms with Crippen molar-refractivity contribution in [3.63, 3.8) is 0 Å². The van der Waals surface area contributed by atoms with Crippen LogP contribution in [0.25, 0.3) is 32.7 Å². The van der Waals surface area contributed by atoms with Crippen molar-refractivity contribution in [2.24, 2.45) is 11.8 Å². The Kier molecular flexibility index (Phi) is 4.56. The van der Waals surface area contributed by atoms with Gasteiger partial charge in [-0.3, -0.25) is 4.79 Å². The number of likely N-dealkylation sites (tertiary alicyclic amines) is 1. The predicted octanol–water partition coefficient (Wildman–Crippen LogP) is 4.48. The van der Waals surface area contributed by atoms with Crippen molar-refractivity contribution in [3.8, 4) is 22.5 Å². The second-order valence-electron chi connectivity index (χ2n) is 8.73. The van der Waals surface area contributed by atoms with Gasteiger partial charge in [0.1, 0.15) is 6.33 Å². The Morgan fingerprint density at radius 1 is 1.00 bits per heavy atom. The molecule has 0 unspecified atom stereocenters. The van der Waals surface area contributed by atoms with Crippen molar-refractivity contribution in [3.05, 3.63) is 54.3 Å². The Morgan fingerprint density at radius 2 is 1.77 bits per heavy atom. The molecule has 6 rings (SSSR count). The third kappa shape index (κ3) is 3.74. The fourth-order valence-corrected chi connectivity index (χ4v) is 5.04. The summed E-state index contributed by atoms with van der Waals surface area (Å²) in [5.41, 5.74) is 6.35. The summed E-state index contributed by atoms with van der Waals surface area (Å²) in [5, 5.41) is 8.51. The minimum atomic E-state index is 0.329. The van der Waals surface area contributed by atoms with Crippen LogP contribution in [0.2, 0.25) is 0 Å². The number of hydrogen-bond donors (Lipinski definition) is 0. The quantitative estimate of drug-likeness (QED) is 0.453. The van der Waals surface area contributed by atoms with Gasteiger partial charge in [-0.2, -0.15) is 0 Å². The number of hydrogen-bond acceptors (Lipinski definition) is 5. The zero-order valence-corrected chi connectivity index (χ0v) is 18.0. The van der Waals surface area contributed by atoms with Crippen LogP contribution in [-0.4, -0.2) is 43.6 Å². The van der Waals surface area contributed by atoms with E-state index in [4.69, 9.17) is 0 Å². The number of rotatable bonds is 6. The van der Waals surface area contributed by atoms with E-state index in [2.05, 4.69) is 62.2 Å². The molecule has 0 spiro atoms. The molecule has 4 aromatic rings. The predicted molar refractivity (Wildman–Crippen MR) is 121 cm³/mol. The van der Waals surface area contributed by atoms with Crippen LogP contribution in [0.15, 0.2) is 54.3 Å². The van der Waals surface area contributed by atoms with E-state index in [1.807, 2.05) is 10.4 Å². The minimum Gasteiger partial charge on any atom is -0.342 e. The summed E-state index contributed by atoms with van der Waals surface area (Å²) in [6.07, 6.45) is 5.00. The van der Waals surface area contributed by atoms with Crippen molar-refractivity contribution in [2.45, 2.75) is 25.8 Å². The first kappa shape index (κ1) is 18.7. The molecule has 2 aromatic carbocycles. The molecule has 1 aliphatic carbocycles. The number of aromatic nitrogens is 4. The van der Waals surface area contributed by atoms with Crippen LogP contribution in [0.4, 0.5) is 0 Å². The van der Waals surface area contributed by atoms with Gasteiger partial charge in [-0.15, -0.1) is 21.5 Å². The first-order valence-electron chi connectivity index (χ1n) is 10.8. The maximum atomic E-state index is 12.2. The molecule has 0 atom stereocenters. The Morgan fingerprint density at radius 3 is 2.58 bits per heavy atom. The highest BCUT2D eigenvalue weighted by molar-refractivity contribution is 7.16. The zero-order valence-electron chi connectivity index (χ0n) is 17.1. The third-order valence-corrected chi connectivity index (χ3v) is 7.14. The fraction of sp³-hybridized carbons (Fsp3) is 0.333. The lowest BCUT2D eigenvalue weighted by Gasteiger charge is -2.39. The average molecular weight is 430 g/mol. The van der Waals surface area contributed by atoms with E-state index in [9.17, 15) is 4.79 Å². The molecule has 31 heavy (non-hydrogen) atoms. The van der Waals surface area contributed by atoms with Gasteiger partial charge in [-0.1, -0.05) is 30.3 Å². The fourth-order valence-electron chi connectivity index (χ4n) is 4.32. The summed E-state index contributed by atoms with van der Waals surface area (Å²) in [4.78, 5) is 18.6. The second kappa shape index (κ2) is 7.57. The lowest BCUT2D eigenvalue weighted by atomic mass is 9.99. The highest BCUT2D eigenvalue weighted by atomic mass is 32.1. The largest absolute Gasteiger partial charge is 0.342 e. The van der Waals surface area contributed by atoms with Crippen LogP contribution < -0.4 is 0 Å². The lowest BCUT2D eigenvalue weighted by Crippen LogP contribution is -2.51. The van der Waals surface area contributed by atoms with Gasteiger partial charge in [0.2, 0.25) is 5.91 Å². The number of carbonyl (C=O) groups excluding carboxylic acids is 1. The monoisotopic (exact) mass is 429 g/mol. The van der Waals surface area contributed by atoms with E-state index >= 15 is 0 Å². The summed E-state index contributed by atoms with van der Waals surface area (Å²) < 4.78 is 3.32. The second-order valence-corrected chi connectivity index (χ2v) is 9.62. The van der Waals surface area contributed by atoms with Gasteiger partial charge < -0.3 is 9.47 Å². The summed E-state index contributed by atoms with van der Waals surface area (Å²) in [5.74, 6) is 2.34. The van der Waals surface area contributed by atoms with E-state index in [1.165, 1.54) is 28.7 Å². The number of nitrogens with zero attached hydrogens (tertiary/aromatic N) is 5. The maximum Gasteiger partial charge on any atom is 0.222 e. The molecular formula is C24H23N5OS. The topological polar surface area (TPSA) is 63.9 Å². The number of carbonyl (C=O) groups is 1. The maximum absolute atomic E-state index is 12.2. The van der Waals surface area contributed by atoms with Crippen molar-refractivity contribution < 1.29 is 4.79 Å². The van der Waals surface area contributed by atoms with E-state index in [-0.39, 0.29) is 0 Å². The summed E-state index contributed by atoms with van der Waals surface area (Å²) >= 11 is 1.66. The van der Waals surface area contributed by atoms with Gasteiger partial charge in [0, 0.05) is 37.5 Å². The number of thiazole rings is 1. The molecule has 2 fully saturated rings. The lowest BCUT2D eigenvalue weighted by molar-refractivity contribution is -0.138. The van der Waals surface area contributed by atoms with E-state index < -0.39 is 0 Å². The van der Waals surface area contributed by atoms with Crippen LogP contribution in [0.5, 0.6) is 0 Å². The van der Waals surface area contributed by atoms with Gasteiger partial charge >= 0.3 is 0 Å². The minimum absolute atomic E-state index is 0.329. The van der Waals surface area contributed by atoms with Crippen LogP contribution in [0.1, 0.15) is 19.3 Å². The van der Waals surface area contributed by atoms with Gasteiger partial charge in [0.15, 0.2) is 5.82 Å². The Labute approximate surface area is 184 Å². The molecule has 1 saturated carbocycles. The zero-order chi connectivity index (χ0) is 20.8. The Hall–Kier alpha value is -3.06. The number of benzene rings is 2. The smallest absolute Gasteiger partial charge is 0.222 e. The normalized spacial score (nSPS) is 16.6. The van der Waals surface area contributed by atoms with Crippen LogP contribution in [0.3, 0.4) is 0 Å². The number of fused-ring (bicyclic) bond motifs is 1. The van der Waals surface area contributed by atoms with Crippen molar-refractivity contribution >= 4 is 27.5 Å². The molecule has 1 aliphatic heterocycles. The van der Waals surface area contributed by atoms with Crippen molar-refractivity contribution in [1.82, 2.24) is 24.6 Å². The first-order valence-corrected chi connectivity index (χ1v) is 11.7. The molecular weight excluding hydrogens is 406 g/mol. The summed E-state index contributed by atoms with van der Waals surface area (Å²) in [6, 6.07) is 14.9. The Balaban J connectivity index is 1.14. The molecule has 0 N–H and O–H groups in total. The average Bonchev–Trinajstić information content (AvgIpc) is 3.25. The van der Waals surface area contributed by atoms with Gasteiger partial charge in [-0.25, -0.2) is 4.98 Å². The van der Waals surface area contributed by atoms with Gasteiger partial charge in [0.05, 0.1) is 15.7 Å². The molecule has 1 saturated heterocycles. The van der Waals surface area contributed by atoms with E-state index in [0.29, 0.717) is 17.7 Å². The van der Waals surface area contributed by atoms with Gasteiger partial charge in [0.25, 0.3) is 0 Å². The van der Waals surface area contributed by atoms with E-state index in [1.54, 1.807) is 17.7 Å². The van der Waals surface area contributed by atoms with Crippen molar-refractivity contribution in [2.75, 3.05) is 13.1 Å². The molecule has 7 heteroatoms. The molecule has 2 aliphatic rings. The van der Waals surface area contributed by atoms with Crippen LogP contribution in [-0.2, 0) is 11.3 Å².